The third-order valence-electron chi connectivity index (χ3n) is 7.24. The van der Waals surface area contributed by atoms with Gasteiger partial charge in [-0.3, -0.25) is 4.79 Å². The standard InChI is InChI=1S/C27H30O16/c28-7-17-20(33)22(35)24(37)26(42-17)39-8-18-21(34)23(36)25(38)27(43-18)40-10-4-13(31)19-14(32)6-15(41-16(19)5-10)9-1-2-11(29)12(30)3-9/h1-6,17-18,20-31,33-38H,7-8H2/t17?,18?,20-,21+,22-,23-,24?,25?,26+,27+/m0/s1. The summed E-state index contributed by atoms with van der Waals surface area (Å²) in [7, 11) is 0. The highest BCUT2D eigenvalue weighted by Gasteiger charge is 2.48. The molecule has 16 heteroatoms. The minimum absolute atomic E-state index is 0.0257. The van der Waals surface area contributed by atoms with E-state index in [2.05, 4.69) is 0 Å². The molecule has 2 aromatic carbocycles. The van der Waals surface area contributed by atoms with E-state index < -0.39 is 97.3 Å². The van der Waals surface area contributed by atoms with Crippen molar-refractivity contribution >= 4 is 11.0 Å². The zero-order chi connectivity index (χ0) is 31.2. The fourth-order valence-electron chi connectivity index (χ4n) is 4.81. The molecule has 10 N–H and O–H groups in total. The molecule has 4 unspecified atom stereocenters. The summed E-state index contributed by atoms with van der Waals surface area (Å²) in [5, 5.41) is 100. The van der Waals surface area contributed by atoms with Crippen LogP contribution < -0.4 is 10.2 Å². The van der Waals surface area contributed by atoms with Crippen LogP contribution in [0.5, 0.6) is 23.0 Å². The average Bonchev–Trinajstić information content (AvgIpc) is 2.97. The van der Waals surface area contributed by atoms with Crippen LogP contribution in [0.15, 0.2) is 45.6 Å². The SMILES string of the molecule is O=c1cc(-c2ccc(O)c(O)c2)oc2cc(O[C@@H]3OC(CO[C@@H]4OC(CO)[C@H](O)[C@H](O)C4O)[C@@H](O)[C@H](O)C3O)cc(O)c12. The predicted octanol–water partition coefficient (Wildman–Crippen LogP) is -2.42. The maximum absolute atomic E-state index is 12.7. The Morgan fingerprint density at radius 1 is 0.698 bits per heavy atom. The van der Waals surface area contributed by atoms with Crippen molar-refractivity contribution < 1.29 is 74.4 Å². The van der Waals surface area contributed by atoms with Gasteiger partial charge < -0.3 is 74.4 Å². The molecule has 3 aromatic rings. The van der Waals surface area contributed by atoms with E-state index in [1.54, 1.807) is 0 Å². The number of fused-ring (bicyclic) bond motifs is 1. The predicted molar refractivity (Wildman–Crippen MR) is 140 cm³/mol. The van der Waals surface area contributed by atoms with Crippen LogP contribution in [0.3, 0.4) is 0 Å². The Labute approximate surface area is 241 Å². The van der Waals surface area contributed by atoms with Crippen molar-refractivity contribution in [2.24, 2.45) is 0 Å². The third kappa shape index (κ3) is 5.98. The first-order valence-electron chi connectivity index (χ1n) is 13.0. The molecule has 0 amide bonds. The number of benzene rings is 2. The molecular weight excluding hydrogens is 580 g/mol. The minimum atomic E-state index is -1.83. The van der Waals surface area contributed by atoms with Gasteiger partial charge in [-0.2, -0.15) is 0 Å². The average molecular weight is 611 g/mol. The van der Waals surface area contributed by atoms with E-state index in [0.29, 0.717) is 0 Å². The molecular formula is C27H30O16. The molecule has 3 heterocycles. The van der Waals surface area contributed by atoms with Crippen molar-refractivity contribution in [2.45, 2.75) is 61.4 Å². The Bertz CT molecular complexity index is 1510. The number of hydrogen-bond acceptors (Lipinski definition) is 16. The second-order valence-corrected chi connectivity index (χ2v) is 10.2. The normalized spacial score (nSPS) is 33.0. The Hall–Kier alpha value is -3.55. The van der Waals surface area contributed by atoms with E-state index in [0.717, 1.165) is 18.2 Å². The number of hydrogen-bond donors (Lipinski definition) is 10. The van der Waals surface area contributed by atoms with Gasteiger partial charge in [0.05, 0.1) is 13.2 Å². The molecule has 16 nitrogen and oxygen atoms in total. The molecule has 10 atom stereocenters. The molecule has 43 heavy (non-hydrogen) atoms. The zero-order valence-corrected chi connectivity index (χ0v) is 22.1. The largest absolute Gasteiger partial charge is 0.507 e. The van der Waals surface area contributed by atoms with Crippen LogP contribution in [-0.2, 0) is 14.2 Å². The van der Waals surface area contributed by atoms with Gasteiger partial charge in [0.25, 0.3) is 0 Å². The molecule has 1 aromatic heterocycles. The summed E-state index contributed by atoms with van der Waals surface area (Å²) in [5.41, 5.74) is -0.588. The van der Waals surface area contributed by atoms with Crippen LogP contribution in [0.25, 0.3) is 22.3 Å². The second-order valence-electron chi connectivity index (χ2n) is 10.2. The summed E-state index contributed by atoms with van der Waals surface area (Å²) in [5.74, 6) is -1.64. The van der Waals surface area contributed by atoms with E-state index in [1.807, 2.05) is 0 Å². The number of phenols is 3. The number of aliphatic hydroxyl groups is 7. The van der Waals surface area contributed by atoms with Crippen molar-refractivity contribution in [1.82, 2.24) is 0 Å². The van der Waals surface area contributed by atoms with Gasteiger partial charge >= 0.3 is 0 Å². The number of rotatable bonds is 7. The fraction of sp³-hybridized carbons (Fsp3) is 0.444. The summed E-state index contributed by atoms with van der Waals surface area (Å²) in [6, 6.07) is 7.01. The van der Waals surface area contributed by atoms with E-state index in [9.17, 15) is 55.9 Å². The topological polar surface area (TPSA) is 269 Å². The zero-order valence-electron chi connectivity index (χ0n) is 22.1. The first kappa shape index (κ1) is 30.9. The second kappa shape index (κ2) is 12.2. The lowest BCUT2D eigenvalue weighted by Crippen LogP contribution is -2.62. The van der Waals surface area contributed by atoms with E-state index >= 15 is 0 Å². The van der Waals surface area contributed by atoms with E-state index in [4.69, 9.17) is 23.4 Å². The number of phenolic OH excluding ortho intramolecular Hbond substituents is 3. The van der Waals surface area contributed by atoms with E-state index in [-0.39, 0.29) is 28.0 Å². The summed E-state index contributed by atoms with van der Waals surface area (Å²) in [6.07, 6.45) is -16.4. The van der Waals surface area contributed by atoms with Crippen molar-refractivity contribution in [3.8, 4) is 34.3 Å². The van der Waals surface area contributed by atoms with Crippen molar-refractivity contribution in [1.29, 1.82) is 0 Å². The van der Waals surface area contributed by atoms with Crippen LogP contribution in [0.4, 0.5) is 0 Å². The van der Waals surface area contributed by atoms with Gasteiger partial charge in [0.1, 0.15) is 77.1 Å². The van der Waals surface area contributed by atoms with Gasteiger partial charge in [-0.05, 0) is 18.2 Å². The molecule has 234 valence electrons. The van der Waals surface area contributed by atoms with Crippen molar-refractivity contribution in [2.75, 3.05) is 13.2 Å². The van der Waals surface area contributed by atoms with Crippen LogP contribution in [0.2, 0.25) is 0 Å². The lowest BCUT2D eigenvalue weighted by Gasteiger charge is -2.42. The molecule has 2 aliphatic heterocycles. The lowest BCUT2D eigenvalue weighted by molar-refractivity contribution is -0.323. The van der Waals surface area contributed by atoms with Gasteiger partial charge in [-0.15, -0.1) is 0 Å². The van der Waals surface area contributed by atoms with Gasteiger partial charge in [0.2, 0.25) is 6.29 Å². The Morgan fingerprint density at radius 2 is 1.35 bits per heavy atom. The molecule has 2 saturated heterocycles. The number of aromatic hydroxyl groups is 3. The molecule has 2 fully saturated rings. The summed E-state index contributed by atoms with van der Waals surface area (Å²) < 4.78 is 27.6. The van der Waals surface area contributed by atoms with Gasteiger partial charge in [0, 0.05) is 23.8 Å². The molecule has 0 radical (unpaired) electrons. The lowest BCUT2D eigenvalue weighted by atomic mass is 9.98. The molecule has 0 spiro atoms. The highest BCUT2D eigenvalue weighted by molar-refractivity contribution is 5.86. The first-order valence-corrected chi connectivity index (χ1v) is 13.0. The molecule has 2 aliphatic rings. The quantitative estimate of drug-likeness (QED) is 0.125. The maximum atomic E-state index is 12.7. The van der Waals surface area contributed by atoms with Gasteiger partial charge in [-0.25, -0.2) is 0 Å². The maximum Gasteiger partial charge on any atom is 0.229 e. The molecule has 0 bridgehead atoms. The van der Waals surface area contributed by atoms with Gasteiger partial charge in [0.15, 0.2) is 23.2 Å². The monoisotopic (exact) mass is 610 g/mol. The van der Waals surface area contributed by atoms with Crippen LogP contribution in [0, 0.1) is 0 Å². The van der Waals surface area contributed by atoms with Crippen molar-refractivity contribution in [3.05, 3.63) is 46.6 Å². The van der Waals surface area contributed by atoms with Crippen LogP contribution >= 0.6 is 0 Å². The summed E-state index contributed by atoms with van der Waals surface area (Å²) >= 11 is 0. The number of aliphatic hydroxyl groups excluding tert-OH is 7. The summed E-state index contributed by atoms with van der Waals surface area (Å²) in [4.78, 5) is 12.7. The Kier molecular flexibility index (Phi) is 8.77. The summed E-state index contributed by atoms with van der Waals surface area (Å²) in [6.45, 7) is -1.29. The van der Waals surface area contributed by atoms with Crippen molar-refractivity contribution in [3.63, 3.8) is 0 Å². The molecule has 0 saturated carbocycles. The fourth-order valence-corrected chi connectivity index (χ4v) is 4.81. The first-order chi connectivity index (χ1) is 20.4. The highest BCUT2D eigenvalue weighted by Crippen LogP contribution is 2.35. The van der Waals surface area contributed by atoms with E-state index in [1.165, 1.54) is 18.2 Å². The molecule has 5 rings (SSSR count). The van der Waals surface area contributed by atoms with Gasteiger partial charge in [-0.1, -0.05) is 0 Å². The number of ether oxygens (including phenoxy) is 4. The van der Waals surface area contributed by atoms with Crippen LogP contribution in [0.1, 0.15) is 0 Å². The van der Waals surface area contributed by atoms with Crippen LogP contribution in [-0.4, -0.2) is 126 Å². The highest BCUT2D eigenvalue weighted by atomic mass is 16.7. The Morgan fingerprint density at radius 3 is 2.02 bits per heavy atom. The Balaban J connectivity index is 1.36. The minimum Gasteiger partial charge on any atom is -0.507 e. The molecule has 0 aliphatic carbocycles. The smallest absolute Gasteiger partial charge is 0.229 e. The third-order valence-corrected chi connectivity index (χ3v) is 7.24.